The number of aliphatic imine (C=N–C) groups is 1. The Kier molecular flexibility index (Phi) is 9.67. The van der Waals surface area contributed by atoms with Crippen LogP contribution in [-0.2, 0) is 10.0 Å². The molecule has 0 bridgehead atoms. The van der Waals surface area contributed by atoms with E-state index in [2.05, 4.69) is 15.2 Å². The number of thioether (sulfide) groups is 1. The SMILES string of the molecule is I.O=S(=O)(CCN=C(Nc1ccccc1)N1CCCCC1)N1CCSCC1. The van der Waals surface area contributed by atoms with Gasteiger partial charge >= 0.3 is 0 Å². The Morgan fingerprint density at radius 2 is 1.70 bits per heavy atom. The molecule has 2 aliphatic heterocycles. The molecule has 2 aliphatic rings. The fraction of sp³-hybridized carbons (Fsp3) is 0.611. The van der Waals surface area contributed by atoms with E-state index in [4.69, 9.17) is 0 Å². The third-order valence-electron chi connectivity index (χ3n) is 4.66. The summed E-state index contributed by atoms with van der Waals surface area (Å²) in [5.74, 6) is 2.64. The van der Waals surface area contributed by atoms with E-state index in [1.54, 1.807) is 4.31 Å². The van der Waals surface area contributed by atoms with Gasteiger partial charge < -0.3 is 10.2 Å². The van der Waals surface area contributed by atoms with Crippen molar-refractivity contribution < 1.29 is 8.42 Å². The summed E-state index contributed by atoms with van der Waals surface area (Å²) in [7, 11) is -3.22. The van der Waals surface area contributed by atoms with E-state index >= 15 is 0 Å². The highest BCUT2D eigenvalue weighted by atomic mass is 127. The first-order valence-corrected chi connectivity index (χ1v) is 12.1. The summed E-state index contributed by atoms with van der Waals surface area (Å²) in [6.07, 6.45) is 3.55. The lowest BCUT2D eigenvalue weighted by Gasteiger charge is -2.30. The standard InChI is InChI=1S/C18H28N4O2S2.HI/c23-26(24,22-12-14-25-15-13-22)16-9-19-18(21-10-5-2-6-11-21)20-17-7-3-1-4-8-17;/h1,3-4,7-8H,2,5-6,9-16H2,(H,19,20);1H. The number of hydrogen-bond acceptors (Lipinski definition) is 4. The highest BCUT2D eigenvalue weighted by molar-refractivity contribution is 14.0. The van der Waals surface area contributed by atoms with Crippen molar-refractivity contribution in [2.45, 2.75) is 19.3 Å². The second-order valence-corrected chi connectivity index (χ2v) is 9.88. The molecule has 0 atom stereocenters. The molecule has 1 aromatic rings. The van der Waals surface area contributed by atoms with Gasteiger partial charge in [-0.2, -0.15) is 11.8 Å². The molecule has 2 saturated heterocycles. The molecule has 152 valence electrons. The Hall–Kier alpha value is -0.520. The number of sulfonamides is 1. The molecule has 2 heterocycles. The molecule has 0 amide bonds. The normalized spacial score (nSPS) is 19.4. The van der Waals surface area contributed by atoms with Gasteiger partial charge in [0.15, 0.2) is 5.96 Å². The van der Waals surface area contributed by atoms with Crippen molar-refractivity contribution in [1.82, 2.24) is 9.21 Å². The van der Waals surface area contributed by atoms with Crippen molar-refractivity contribution in [3.8, 4) is 0 Å². The number of hydrogen-bond donors (Lipinski definition) is 1. The number of halogens is 1. The predicted molar refractivity (Wildman–Crippen MR) is 126 cm³/mol. The van der Waals surface area contributed by atoms with Crippen LogP contribution in [0.15, 0.2) is 35.3 Å². The Morgan fingerprint density at radius 3 is 2.37 bits per heavy atom. The van der Waals surface area contributed by atoms with Crippen molar-refractivity contribution in [3.05, 3.63) is 30.3 Å². The molecule has 9 heteroatoms. The van der Waals surface area contributed by atoms with Crippen LogP contribution in [0.4, 0.5) is 5.69 Å². The molecule has 2 fully saturated rings. The van der Waals surface area contributed by atoms with E-state index < -0.39 is 10.0 Å². The van der Waals surface area contributed by atoms with Crippen molar-refractivity contribution >= 4 is 57.4 Å². The largest absolute Gasteiger partial charge is 0.343 e. The van der Waals surface area contributed by atoms with Crippen LogP contribution in [0, 0.1) is 0 Å². The molecule has 1 aromatic carbocycles. The molecule has 0 saturated carbocycles. The number of anilines is 1. The number of piperidine rings is 1. The fourth-order valence-electron chi connectivity index (χ4n) is 3.20. The van der Waals surface area contributed by atoms with Crippen LogP contribution in [0.1, 0.15) is 19.3 Å². The van der Waals surface area contributed by atoms with Crippen LogP contribution in [-0.4, -0.2) is 73.6 Å². The smallest absolute Gasteiger partial charge is 0.215 e. The highest BCUT2D eigenvalue weighted by Gasteiger charge is 2.24. The first-order valence-electron chi connectivity index (χ1n) is 9.32. The van der Waals surface area contributed by atoms with E-state index in [0.717, 1.165) is 49.1 Å². The number of guanidine groups is 1. The average molecular weight is 524 g/mol. The van der Waals surface area contributed by atoms with Crippen molar-refractivity contribution in [3.63, 3.8) is 0 Å². The minimum Gasteiger partial charge on any atom is -0.343 e. The first kappa shape index (κ1) is 22.8. The quantitative estimate of drug-likeness (QED) is 0.365. The minimum atomic E-state index is -3.22. The molecule has 1 N–H and O–H groups in total. The van der Waals surface area contributed by atoms with Gasteiger partial charge in [-0.1, -0.05) is 18.2 Å². The Labute approximate surface area is 184 Å². The van der Waals surface area contributed by atoms with Crippen LogP contribution >= 0.6 is 35.7 Å². The third kappa shape index (κ3) is 7.10. The summed E-state index contributed by atoms with van der Waals surface area (Å²) in [5.41, 5.74) is 0.979. The average Bonchev–Trinajstić information content (AvgIpc) is 2.69. The molecular formula is C18H29IN4O2S2. The fourth-order valence-corrected chi connectivity index (χ4v) is 5.65. The van der Waals surface area contributed by atoms with Gasteiger partial charge in [-0.25, -0.2) is 12.7 Å². The maximum absolute atomic E-state index is 12.5. The highest BCUT2D eigenvalue weighted by Crippen LogP contribution is 2.15. The zero-order valence-electron chi connectivity index (χ0n) is 15.5. The van der Waals surface area contributed by atoms with Gasteiger partial charge in [0.1, 0.15) is 0 Å². The summed E-state index contributed by atoms with van der Waals surface area (Å²) in [6, 6.07) is 9.94. The molecule has 6 nitrogen and oxygen atoms in total. The summed E-state index contributed by atoms with van der Waals surface area (Å²) in [4.78, 5) is 6.88. The Morgan fingerprint density at radius 1 is 1.04 bits per heavy atom. The van der Waals surface area contributed by atoms with E-state index in [-0.39, 0.29) is 36.3 Å². The van der Waals surface area contributed by atoms with Gasteiger partial charge in [-0.15, -0.1) is 24.0 Å². The van der Waals surface area contributed by atoms with Crippen LogP contribution in [0.2, 0.25) is 0 Å². The van der Waals surface area contributed by atoms with Crippen LogP contribution < -0.4 is 5.32 Å². The number of nitrogens with one attached hydrogen (secondary N) is 1. The topological polar surface area (TPSA) is 65.0 Å². The predicted octanol–water partition coefficient (Wildman–Crippen LogP) is 2.94. The number of nitrogens with zero attached hydrogens (tertiary/aromatic N) is 3. The van der Waals surface area contributed by atoms with E-state index in [1.165, 1.54) is 6.42 Å². The van der Waals surface area contributed by atoms with Gasteiger partial charge in [0.05, 0.1) is 12.3 Å². The Bertz CT molecular complexity index is 689. The molecule has 0 spiro atoms. The van der Waals surface area contributed by atoms with E-state index in [9.17, 15) is 8.42 Å². The molecule has 27 heavy (non-hydrogen) atoms. The van der Waals surface area contributed by atoms with Crippen LogP contribution in [0.5, 0.6) is 0 Å². The lowest BCUT2D eigenvalue weighted by molar-refractivity contribution is 0.340. The number of benzene rings is 1. The maximum Gasteiger partial charge on any atom is 0.215 e. The lowest BCUT2D eigenvalue weighted by Crippen LogP contribution is -2.41. The molecule has 3 rings (SSSR count). The first-order chi connectivity index (χ1) is 12.6. The summed E-state index contributed by atoms with van der Waals surface area (Å²) in [6.45, 7) is 3.47. The molecule has 0 aromatic heterocycles. The van der Waals surface area contributed by atoms with Crippen molar-refractivity contribution in [1.29, 1.82) is 0 Å². The zero-order valence-corrected chi connectivity index (χ0v) is 19.5. The zero-order chi connectivity index (χ0) is 18.2. The van der Waals surface area contributed by atoms with Crippen LogP contribution in [0.25, 0.3) is 0 Å². The van der Waals surface area contributed by atoms with E-state index in [0.29, 0.717) is 13.1 Å². The monoisotopic (exact) mass is 524 g/mol. The van der Waals surface area contributed by atoms with Crippen LogP contribution in [0.3, 0.4) is 0 Å². The second kappa shape index (κ2) is 11.5. The molecular weight excluding hydrogens is 495 g/mol. The number of para-hydroxylation sites is 1. The van der Waals surface area contributed by atoms with Gasteiger partial charge in [0.25, 0.3) is 0 Å². The van der Waals surface area contributed by atoms with Crippen molar-refractivity contribution in [2.24, 2.45) is 4.99 Å². The van der Waals surface area contributed by atoms with Gasteiger partial charge in [0.2, 0.25) is 10.0 Å². The molecule has 0 aliphatic carbocycles. The van der Waals surface area contributed by atoms with E-state index in [1.807, 2.05) is 42.1 Å². The molecule has 0 radical (unpaired) electrons. The van der Waals surface area contributed by atoms with Gasteiger partial charge in [-0.3, -0.25) is 4.99 Å². The minimum absolute atomic E-state index is 0. The van der Waals surface area contributed by atoms with Crippen molar-refractivity contribution in [2.75, 3.05) is 55.3 Å². The lowest BCUT2D eigenvalue weighted by atomic mass is 10.1. The summed E-state index contributed by atoms with van der Waals surface area (Å²) < 4.78 is 26.6. The maximum atomic E-state index is 12.5. The van der Waals surface area contributed by atoms with Gasteiger partial charge in [-0.05, 0) is 31.4 Å². The molecule has 0 unspecified atom stereocenters. The summed E-state index contributed by atoms with van der Waals surface area (Å²) in [5, 5.41) is 3.38. The third-order valence-corrected chi connectivity index (χ3v) is 7.45. The van der Waals surface area contributed by atoms with Gasteiger partial charge in [0, 0.05) is 43.4 Å². The number of likely N-dealkylation sites (tertiary alicyclic amines) is 1. The Balaban J connectivity index is 0.00000261. The number of rotatable bonds is 5. The summed E-state index contributed by atoms with van der Waals surface area (Å²) >= 11 is 1.81. The second-order valence-electron chi connectivity index (χ2n) is 6.57.